The Balaban J connectivity index is 2.49. The molecule has 1 heterocycles. The van der Waals surface area contributed by atoms with Gasteiger partial charge in [-0.15, -0.1) is 11.3 Å². The van der Waals surface area contributed by atoms with E-state index in [0.717, 1.165) is 4.88 Å². The molecule has 0 aliphatic rings. The lowest BCUT2D eigenvalue weighted by atomic mass is 10.2. The Bertz CT molecular complexity index is 377. The number of nitrogens with two attached hydrogens (primary N) is 1. The van der Waals surface area contributed by atoms with Crippen LogP contribution >= 0.6 is 11.3 Å². The molecule has 0 fully saturated rings. The van der Waals surface area contributed by atoms with Gasteiger partial charge in [-0.05, 0) is 17.5 Å². The van der Waals surface area contributed by atoms with Gasteiger partial charge in [-0.3, -0.25) is 0 Å². The van der Waals surface area contributed by atoms with Gasteiger partial charge in [-0.2, -0.15) is 0 Å². The molecule has 0 unspecified atom stereocenters. The Morgan fingerprint density at radius 1 is 1.38 bits per heavy atom. The van der Waals surface area contributed by atoms with Crippen molar-refractivity contribution in [2.45, 2.75) is 6.10 Å². The van der Waals surface area contributed by atoms with Crippen LogP contribution in [-0.2, 0) is 0 Å². The van der Waals surface area contributed by atoms with E-state index in [9.17, 15) is 5.11 Å². The van der Waals surface area contributed by atoms with E-state index < -0.39 is 6.10 Å². The topological polar surface area (TPSA) is 46.2 Å². The monoisotopic (exact) mass is 193 g/mol. The Labute approximate surface area is 80.6 Å². The van der Waals surface area contributed by atoms with E-state index in [-0.39, 0.29) is 6.54 Å². The maximum absolute atomic E-state index is 9.52. The number of thiophene rings is 1. The van der Waals surface area contributed by atoms with E-state index in [2.05, 4.69) is 0 Å². The fourth-order valence-corrected chi connectivity index (χ4v) is 2.35. The highest BCUT2D eigenvalue weighted by Crippen LogP contribution is 2.29. The summed E-state index contributed by atoms with van der Waals surface area (Å²) in [6.45, 7) is 0.285. The molecule has 0 aliphatic heterocycles. The first-order chi connectivity index (χ1) is 6.31. The second-order valence-electron chi connectivity index (χ2n) is 2.94. The highest BCUT2D eigenvalue weighted by atomic mass is 32.1. The number of benzene rings is 1. The lowest BCUT2D eigenvalue weighted by Gasteiger charge is -2.01. The van der Waals surface area contributed by atoms with Crippen LogP contribution in [0, 0.1) is 0 Å². The molecule has 1 atom stereocenters. The number of fused-ring (bicyclic) bond motifs is 1. The highest BCUT2D eigenvalue weighted by Gasteiger charge is 2.08. The van der Waals surface area contributed by atoms with E-state index in [0.29, 0.717) is 0 Å². The third kappa shape index (κ3) is 1.58. The molecule has 0 saturated heterocycles. The van der Waals surface area contributed by atoms with Crippen molar-refractivity contribution >= 4 is 21.4 Å². The summed E-state index contributed by atoms with van der Waals surface area (Å²) in [5.74, 6) is 0. The fraction of sp³-hybridized carbons (Fsp3) is 0.200. The summed E-state index contributed by atoms with van der Waals surface area (Å²) >= 11 is 1.60. The van der Waals surface area contributed by atoms with Crippen molar-refractivity contribution in [3.05, 3.63) is 35.2 Å². The standard InChI is InChI=1S/C10H11NOS/c11-6-8(12)10-5-7-3-1-2-4-9(7)13-10/h1-5,8,12H,6,11H2/t8-/m0/s1. The minimum absolute atomic E-state index is 0.285. The lowest BCUT2D eigenvalue weighted by Crippen LogP contribution is -2.09. The lowest BCUT2D eigenvalue weighted by molar-refractivity contribution is 0.190. The Hall–Kier alpha value is -0.900. The molecule has 13 heavy (non-hydrogen) atoms. The van der Waals surface area contributed by atoms with Crippen LogP contribution in [0.5, 0.6) is 0 Å². The predicted molar refractivity (Wildman–Crippen MR) is 55.8 cm³/mol. The molecule has 2 rings (SSSR count). The zero-order chi connectivity index (χ0) is 9.26. The minimum Gasteiger partial charge on any atom is -0.386 e. The van der Waals surface area contributed by atoms with Gasteiger partial charge in [0.15, 0.2) is 0 Å². The normalized spacial score (nSPS) is 13.4. The summed E-state index contributed by atoms with van der Waals surface area (Å²) in [5.41, 5.74) is 5.38. The Morgan fingerprint density at radius 3 is 2.85 bits per heavy atom. The van der Waals surface area contributed by atoms with Crippen molar-refractivity contribution in [1.29, 1.82) is 0 Å². The largest absolute Gasteiger partial charge is 0.386 e. The molecule has 2 nitrogen and oxygen atoms in total. The highest BCUT2D eigenvalue weighted by molar-refractivity contribution is 7.19. The zero-order valence-corrected chi connectivity index (χ0v) is 7.92. The molecule has 0 bridgehead atoms. The maximum atomic E-state index is 9.52. The first kappa shape index (κ1) is 8.69. The second-order valence-corrected chi connectivity index (χ2v) is 4.05. The van der Waals surface area contributed by atoms with Crippen LogP contribution in [-0.4, -0.2) is 11.7 Å². The summed E-state index contributed by atoms with van der Waals surface area (Å²) in [6.07, 6.45) is -0.516. The van der Waals surface area contributed by atoms with Gasteiger partial charge in [0.05, 0.1) is 0 Å². The molecule has 2 aromatic rings. The number of hydrogen-bond donors (Lipinski definition) is 2. The molecule has 0 radical (unpaired) electrons. The van der Waals surface area contributed by atoms with Gasteiger partial charge in [0.2, 0.25) is 0 Å². The second kappa shape index (κ2) is 3.46. The van der Waals surface area contributed by atoms with E-state index in [1.807, 2.05) is 30.3 Å². The first-order valence-corrected chi connectivity index (χ1v) is 4.99. The number of aliphatic hydroxyl groups is 1. The Kier molecular flexibility index (Phi) is 2.31. The average Bonchev–Trinajstić information content (AvgIpc) is 2.59. The van der Waals surface area contributed by atoms with Gasteiger partial charge in [-0.1, -0.05) is 18.2 Å². The third-order valence-corrected chi connectivity index (χ3v) is 3.21. The molecule has 3 N–H and O–H groups in total. The van der Waals surface area contributed by atoms with Crippen LogP contribution in [0.2, 0.25) is 0 Å². The number of hydrogen-bond acceptors (Lipinski definition) is 3. The van der Waals surface area contributed by atoms with Crippen LogP contribution < -0.4 is 5.73 Å². The van der Waals surface area contributed by atoms with Gasteiger partial charge < -0.3 is 10.8 Å². The third-order valence-electron chi connectivity index (χ3n) is 2.00. The van der Waals surface area contributed by atoms with E-state index in [1.165, 1.54) is 10.1 Å². The first-order valence-electron chi connectivity index (χ1n) is 4.18. The fourth-order valence-electron chi connectivity index (χ4n) is 1.28. The summed E-state index contributed by atoms with van der Waals surface area (Å²) < 4.78 is 1.20. The van der Waals surface area contributed by atoms with Crippen molar-refractivity contribution < 1.29 is 5.11 Å². The summed E-state index contributed by atoms with van der Waals surface area (Å²) in [5, 5.41) is 10.7. The quantitative estimate of drug-likeness (QED) is 0.765. The van der Waals surface area contributed by atoms with Gasteiger partial charge in [0.1, 0.15) is 6.10 Å². The van der Waals surface area contributed by atoms with Crippen LogP contribution in [0.1, 0.15) is 11.0 Å². The zero-order valence-electron chi connectivity index (χ0n) is 7.10. The smallest absolute Gasteiger partial charge is 0.100 e. The van der Waals surface area contributed by atoms with Crippen molar-refractivity contribution in [3.8, 4) is 0 Å². The predicted octanol–water partition coefficient (Wildman–Crippen LogP) is 1.89. The van der Waals surface area contributed by atoms with Crippen LogP contribution in [0.15, 0.2) is 30.3 Å². The molecular formula is C10H11NOS. The molecule has 0 amide bonds. The van der Waals surface area contributed by atoms with Crippen LogP contribution in [0.3, 0.4) is 0 Å². The van der Waals surface area contributed by atoms with Gasteiger partial charge in [0.25, 0.3) is 0 Å². The molecule has 68 valence electrons. The molecular weight excluding hydrogens is 182 g/mol. The summed E-state index contributed by atoms with van der Waals surface area (Å²) in [6, 6.07) is 10.1. The molecule has 3 heteroatoms. The molecule has 1 aromatic carbocycles. The van der Waals surface area contributed by atoms with Crippen LogP contribution in [0.25, 0.3) is 10.1 Å². The molecule has 1 aromatic heterocycles. The van der Waals surface area contributed by atoms with Crippen molar-refractivity contribution in [2.24, 2.45) is 5.73 Å². The van der Waals surface area contributed by atoms with Gasteiger partial charge in [-0.25, -0.2) is 0 Å². The maximum Gasteiger partial charge on any atom is 0.100 e. The molecule has 0 spiro atoms. The van der Waals surface area contributed by atoms with Crippen molar-refractivity contribution in [3.63, 3.8) is 0 Å². The number of rotatable bonds is 2. The number of aliphatic hydroxyl groups excluding tert-OH is 1. The average molecular weight is 193 g/mol. The van der Waals surface area contributed by atoms with E-state index >= 15 is 0 Å². The Morgan fingerprint density at radius 2 is 2.15 bits per heavy atom. The van der Waals surface area contributed by atoms with Crippen LogP contribution in [0.4, 0.5) is 0 Å². The van der Waals surface area contributed by atoms with Crippen molar-refractivity contribution in [1.82, 2.24) is 0 Å². The van der Waals surface area contributed by atoms with E-state index in [1.54, 1.807) is 11.3 Å². The summed E-state index contributed by atoms with van der Waals surface area (Å²) in [7, 11) is 0. The molecule has 0 aliphatic carbocycles. The summed E-state index contributed by atoms with van der Waals surface area (Å²) in [4.78, 5) is 0.948. The SMILES string of the molecule is NC[C@H](O)c1cc2ccccc2s1. The van der Waals surface area contributed by atoms with E-state index in [4.69, 9.17) is 5.73 Å². The van der Waals surface area contributed by atoms with Crippen molar-refractivity contribution in [2.75, 3.05) is 6.54 Å². The van der Waals surface area contributed by atoms with Gasteiger partial charge in [0, 0.05) is 16.1 Å². The minimum atomic E-state index is -0.516. The molecule has 0 saturated carbocycles. The van der Waals surface area contributed by atoms with Gasteiger partial charge >= 0.3 is 0 Å².